The molecule has 142 valence electrons. The fraction of sp³-hybridized carbons (Fsp3) is 0.611. The third-order valence-electron chi connectivity index (χ3n) is 5.52. The standard InChI is InChI=1S/C18H23BF3NO3/c1-16(2)17(3,4)26-19(25-16)11-6-9-13(14(10-11)18(20,21)22)15(24)23(5)12-7-8-12/h6,9-10,12H,7-8H2,1-5H3. The lowest BCUT2D eigenvalue weighted by molar-refractivity contribution is -0.138. The molecule has 1 aromatic carbocycles. The summed E-state index contributed by atoms with van der Waals surface area (Å²) in [4.78, 5) is 13.9. The minimum absolute atomic E-state index is 0.0337. The van der Waals surface area contributed by atoms with Crippen molar-refractivity contribution in [2.24, 2.45) is 0 Å². The molecule has 1 aliphatic carbocycles. The Labute approximate surface area is 151 Å². The van der Waals surface area contributed by atoms with Crippen molar-refractivity contribution in [2.45, 2.75) is 64.0 Å². The number of alkyl halides is 3. The van der Waals surface area contributed by atoms with Gasteiger partial charge in [0.2, 0.25) is 0 Å². The van der Waals surface area contributed by atoms with Gasteiger partial charge in [-0.2, -0.15) is 13.2 Å². The highest BCUT2D eigenvalue weighted by atomic mass is 19.4. The summed E-state index contributed by atoms with van der Waals surface area (Å²) in [6, 6.07) is 3.71. The first-order chi connectivity index (χ1) is 11.8. The molecule has 0 radical (unpaired) electrons. The van der Waals surface area contributed by atoms with Crippen LogP contribution in [0.4, 0.5) is 13.2 Å². The van der Waals surface area contributed by atoms with Gasteiger partial charge in [0.1, 0.15) is 0 Å². The van der Waals surface area contributed by atoms with Gasteiger partial charge in [0, 0.05) is 13.1 Å². The number of halogens is 3. The van der Waals surface area contributed by atoms with Crippen LogP contribution in [0.2, 0.25) is 0 Å². The highest BCUT2D eigenvalue weighted by Crippen LogP contribution is 2.38. The van der Waals surface area contributed by atoms with Crippen LogP contribution in [0.3, 0.4) is 0 Å². The third kappa shape index (κ3) is 3.36. The van der Waals surface area contributed by atoms with Gasteiger partial charge >= 0.3 is 13.3 Å². The number of benzene rings is 1. The molecule has 4 nitrogen and oxygen atoms in total. The SMILES string of the molecule is CN(C(=O)c1ccc(B2OC(C)(C)C(C)(C)O2)cc1C(F)(F)F)C1CC1. The van der Waals surface area contributed by atoms with Crippen LogP contribution < -0.4 is 5.46 Å². The first kappa shape index (κ1) is 19.2. The summed E-state index contributed by atoms with van der Waals surface area (Å²) in [6.07, 6.45) is -2.99. The van der Waals surface area contributed by atoms with E-state index in [2.05, 4.69) is 0 Å². The summed E-state index contributed by atoms with van der Waals surface area (Å²) in [5, 5.41) is 0. The molecule has 1 saturated heterocycles. The molecule has 0 bridgehead atoms. The van der Waals surface area contributed by atoms with Crippen molar-refractivity contribution in [3.8, 4) is 0 Å². The van der Waals surface area contributed by atoms with Crippen molar-refractivity contribution in [1.82, 2.24) is 4.90 Å². The minimum atomic E-state index is -4.64. The van der Waals surface area contributed by atoms with E-state index in [0.717, 1.165) is 18.9 Å². The van der Waals surface area contributed by atoms with Crippen molar-refractivity contribution in [3.63, 3.8) is 0 Å². The summed E-state index contributed by atoms with van der Waals surface area (Å²) < 4.78 is 52.5. The maximum atomic E-state index is 13.6. The molecule has 0 unspecified atom stereocenters. The molecule has 2 fully saturated rings. The summed E-state index contributed by atoms with van der Waals surface area (Å²) >= 11 is 0. The summed E-state index contributed by atoms with van der Waals surface area (Å²) in [7, 11) is 0.633. The van der Waals surface area contributed by atoms with E-state index in [1.165, 1.54) is 17.0 Å². The predicted molar refractivity (Wildman–Crippen MR) is 92.3 cm³/mol. The van der Waals surface area contributed by atoms with Gasteiger partial charge < -0.3 is 14.2 Å². The average molecular weight is 369 g/mol. The van der Waals surface area contributed by atoms with E-state index in [-0.39, 0.29) is 17.1 Å². The Morgan fingerprint density at radius 2 is 1.69 bits per heavy atom. The predicted octanol–water partition coefficient (Wildman–Crippen LogP) is 3.24. The normalized spacial score (nSPS) is 21.8. The number of hydrogen-bond donors (Lipinski definition) is 0. The van der Waals surface area contributed by atoms with Crippen LogP contribution in [0, 0.1) is 0 Å². The molecule has 0 aromatic heterocycles. The first-order valence-electron chi connectivity index (χ1n) is 8.67. The topological polar surface area (TPSA) is 38.8 Å². The van der Waals surface area contributed by atoms with Crippen LogP contribution in [0.25, 0.3) is 0 Å². The maximum Gasteiger partial charge on any atom is 0.494 e. The number of hydrogen-bond acceptors (Lipinski definition) is 3. The van der Waals surface area contributed by atoms with Gasteiger partial charge in [0.05, 0.1) is 22.3 Å². The van der Waals surface area contributed by atoms with E-state index < -0.39 is 36.0 Å². The lowest BCUT2D eigenvalue weighted by Crippen LogP contribution is -2.41. The van der Waals surface area contributed by atoms with E-state index in [1.807, 2.05) is 27.7 Å². The van der Waals surface area contributed by atoms with E-state index in [4.69, 9.17) is 9.31 Å². The zero-order valence-corrected chi connectivity index (χ0v) is 15.6. The number of rotatable bonds is 3. The van der Waals surface area contributed by atoms with Crippen molar-refractivity contribution in [1.29, 1.82) is 0 Å². The molecule has 0 spiro atoms. The summed E-state index contributed by atoms with van der Waals surface area (Å²) in [5.74, 6) is -0.611. The minimum Gasteiger partial charge on any atom is -0.399 e. The Balaban J connectivity index is 1.96. The van der Waals surface area contributed by atoms with Crippen LogP contribution in [0.1, 0.15) is 56.5 Å². The van der Waals surface area contributed by atoms with Gasteiger partial charge in [0.25, 0.3) is 5.91 Å². The van der Waals surface area contributed by atoms with E-state index >= 15 is 0 Å². The van der Waals surface area contributed by atoms with Crippen LogP contribution in [-0.2, 0) is 15.5 Å². The summed E-state index contributed by atoms with van der Waals surface area (Å²) in [6.45, 7) is 7.33. The molecule has 1 saturated carbocycles. The van der Waals surface area contributed by atoms with E-state index in [9.17, 15) is 18.0 Å². The van der Waals surface area contributed by atoms with Gasteiger partial charge in [0.15, 0.2) is 0 Å². The number of carbonyl (C=O) groups is 1. The Hall–Kier alpha value is -1.54. The largest absolute Gasteiger partial charge is 0.494 e. The molecule has 0 N–H and O–H groups in total. The Morgan fingerprint density at radius 1 is 1.15 bits per heavy atom. The Kier molecular flexibility index (Phi) is 4.43. The van der Waals surface area contributed by atoms with Gasteiger partial charge in [-0.15, -0.1) is 0 Å². The van der Waals surface area contributed by atoms with Gasteiger partial charge in [-0.1, -0.05) is 6.07 Å². The van der Waals surface area contributed by atoms with Gasteiger partial charge in [-0.05, 0) is 58.1 Å². The molecule has 1 heterocycles. The van der Waals surface area contributed by atoms with Crippen LogP contribution in [0.15, 0.2) is 18.2 Å². The molecule has 1 aromatic rings. The second kappa shape index (κ2) is 5.99. The fourth-order valence-corrected chi connectivity index (χ4v) is 2.93. The second-order valence-corrected chi connectivity index (χ2v) is 8.04. The molecule has 1 amide bonds. The smallest absolute Gasteiger partial charge is 0.399 e. The number of nitrogens with zero attached hydrogens (tertiary/aromatic N) is 1. The van der Waals surface area contributed by atoms with Crippen molar-refractivity contribution in [2.75, 3.05) is 7.05 Å². The Morgan fingerprint density at radius 3 is 2.15 bits per heavy atom. The lowest BCUT2D eigenvalue weighted by Gasteiger charge is -2.32. The zero-order chi connectivity index (χ0) is 19.5. The fourth-order valence-electron chi connectivity index (χ4n) is 2.93. The highest BCUT2D eigenvalue weighted by Gasteiger charge is 2.52. The molecule has 8 heteroatoms. The maximum absolute atomic E-state index is 13.6. The van der Waals surface area contributed by atoms with E-state index in [1.54, 1.807) is 7.05 Å². The Bertz CT molecular complexity index is 713. The van der Waals surface area contributed by atoms with E-state index in [0.29, 0.717) is 0 Å². The van der Waals surface area contributed by atoms with Gasteiger partial charge in [-0.3, -0.25) is 4.79 Å². The molecule has 2 aliphatic rings. The van der Waals surface area contributed by atoms with Crippen LogP contribution in [0.5, 0.6) is 0 Å². The zero-order valence-electron chi connectivity index (χ0n) is 15.6. The highest BCUT2D eigenvalue weighted by molar-refractivity contribution is 6.62. The van der Waals surface area contributed by atoms with Crippen molar-refractivity contribution >= 4 is 18.5 Å². The quantitative estimate of drug-likeness (QED) is 0.768. The van der Waals surface area contributed by atoms with Crippen molar-refractivity contribution in [3.05, 3.63) is 29.3 Å². The van der Waals surface area contributed by atoms with Crippen LogP contribution in [-0.4, -0.2) is 42.2 Å². The van der Waals surface area contributed by atoms with Gasteiger partial charge in [-0.25, -0.2) is 0 Å². The monoisotopic (exact) mass is 369 g/mol. The number of amides is 1. The lowest BCUT2D eigenvalue weighted by atomic mass is 9.77. The second-order valence-electron chi connectivity index (χ2n) is 8.04. The molecular formula is C18H23BF3NO3. The first-order valence-corrected chi connectivity index (χ1v) is 8.67. The molecule has 26 heavy (non-hydrogen) atoms. The molecule has 1 aliphatic heterocycles. The molecule has 3 rings (SSSR count). The van der Waals surface area contributed by atoms with Crippen molar-refractivity contribution < 1.29 is 27.3 Å². The van der Waals surface area contributed by atoms with Crippen LogP contribution >= 0.6 is 0 Å². The number of carbonyl (C=O) groups excluding carboxylic acids is 1. The average Bonchev–Trinajstić information content (AvgIpc) is 3.32. The third-order valence-corrected chi connectivity index (χ3v) is 5.52. The molecular weight excluding hydrogens is 346 g/mol. The molecule has 0 atom stereocenters. The summed E-state index contributed by atoms with van der Waals surface area (Å²) in [5.41, 5.74) is -2.36.